The number of para-hydroxylation sites is 1. The summed E-state index contributed by atoms with van der Waals surface area (Å²) in [7, 11) is 2.17. The fourth-order valence-corrected chi connectivity index (χ4v) is 4.01. The molecule has 1 N–H and O–H groups in total. The molecule has 0 spiro atoms. The van der Waals surface area contributed by atoms with Gasteiger partial charge in [-0.15, -0.1) is 0 Å². The Bertz CT molecular complexity index is 869. The minimum Gasteiger partial charge on any atom is -0.351 e. The van der Waals surface area contributed by atoms with Crippen molar-refractivity contribution in [2.75, 3.05) is 26.7 Å². The number of benzene rings is 2. The lowest BCUT2D eigenvalue weighted by Gasteiger charge is -2.29. The van der Waals surface area contributed by atoms with Crippen LogP contribution in [0.1, 0.15) is 28.9 Å². The molecule has 1 aromatic heterocycles. The van der Waals surface area contributed by atoms with Crippen LogP contribution in [0.15, 0.2) is 60.7 Å². The molecule has 1 amide bonds. The molecule has 1 saturated heterocycles. The Morgan fingerprint density at radius 1 is 1.15 bits per heavy atom. The highest BCUT2D eigenvalue weighted by Gasteiger charge is 2.26. The van der Waals surface area contributed by atoms with E-state index in [0.29, 0.717) is 11.7 Å². The largest absolute Gasteiger partial charge is 0.351 e. The van der Waals surface area contributed by atoms with Gasteiger partial charge in [-0.25, -0.2) is 0 Å². The lowest BCUT2D eigenvalue weighted by molar-refractivity contribution is 0.0712. The van der Waals surface area contributed by atoms with E-state index in [-0.39, 0.29) is 5.91 Å². The Kier molecular flexibility index (Phi) is 5.26. The zero-order valence-corrected chi connectivity index (χ0v) is 15.9. The third-order valence-corrected chi connectivity index (χ3v) is 5.66. The van der Waals surface area contributed by atoms with Crippen molar-refractivity contribution in [3.63, 3.8) is 0 Å². The molecule has 1 unspecified atom stereocenters. The summed E-state index contributed by atoms with van der Waals surface area (Å²) >= 11 is 0. The summed E-state index contributed by atoms with van der Waals surface area (Å²) in [6, 6.07) is 20.9. The third kappa shape index (κ3) is 4.06. The first kappa shape index (κ1) is 17.8. The Morgan fingerprint density at radius 2 is 1.93 bits per heavy atom. The van der Waals surface area contributed by atoms with Gasteiger partial charge in [0.05, 0.1) is 0 Å². The standard InChI is InChI=1S/C23H27N3O/c1-25-14-7-11-20(25)17-26(15-13-18-8-3-2-4-9-18)23(27)22-16-19-10-5-6-12-21(19)24-22/h2-6,8-10,12,16,20,24H,7,11,13-15,17H2,1H3. The fraction of sp³-hybridized carbons (Fsp3) is 0.348. The number of rotatable bonds is 6. The quantitative estimate of drug-likeness (QED) is 0.722. The summed E-state index contributed by atoms with van der Waals surface area (Å²) < 4.78 is 0. The molecule has 2 aromatic carbocycles. The van der Waals surface area contributed by atoms with Gasteiger partial charge < -0.3 is 14.8 Å². The van der Waals surface area contributed by atoms with E-state index in [2.05, 4.69) is 41.2 Å². The summed E-state index contributed by atoms with van der Waals surface area (Å²) in [5, 5.41) is 1.09. The maximum Gasteiger partial charge on any atom is 0.270 e. The normalized spacial score (nSPS) is 17.4. The molecule has 1 fully saturated rings. The van der Waals surface area contributed by atoms with Crippen LogP contribution >= 0.6 is 0 Å². The zero-order chi connectivity index (χ0) is 18.6. The monoisotopic (exact) mass is 361 g/mol. The van der Waals surface area contributed by atoms with E-state index >= 15 is 0 Å². The lowest BCUT2D eigenvalue weighted by atomic mass is 10.1. The zero-order valence-electron chi connectivity index (χ0n) is 15.9. The van der Waals surface area contributed by atoms with Crippen molar-refractivity contribution in [3.8, 4) is 0 Å². The smallest absolute Gasteiger partial charge is 0.270 e. The van der Waals surface area contributed by atoms with E-state index < -0.39 is 0 Å². The van der Waals surface area contributed by atoms with Crippen molar-refractivity contribution in [1.29, 1.82) is 0 Å². The number of nitrogens with zero attached hydrogens (tertiary/aromatic N) is 2. The summed E-state index contributed by atoms with van der Waals surface area (Å²) in [5.74, 6) is 0.0995. The Balaban J connectivity index is 1.54. The van der Waals surface area contributed by atoms with Crippen molar-refractivity contribution in [2.24, 2.45) is 0 Å². The van der Waals surface area contributed by atoms with Gasteiger partial charge in [0.1, 0.15) is 5.69 Å². The number of likely N-dealkylation sites (tertiary alicyclic amines) is 1. The van der Waals surface area contributed by atoms with E-state index in [0.717, 1.165) is 43.4 Å². The Morgan fingerprint density at radius 3 is 2.67 bits per heavy atom. The molecule has 4 nitrogen and oxygen atoms in total. The van der Waals surface area contributed by atoms with Gasteiger partial charge in [-0.05, 0) is 50.6 Å². The number of amides is 1. The molecule has 27 heavy (non-hydrogen) atoms. The molecule has 4 rings (SSSR count). The van der Waals surface area contributed by atoms with E-state index in [4.69, 9.17) is 0 Å². The Hall–Kier alpha value is -2.59. The number of fused-ring (bicyclic) bond motifs is 1. The van der Waals surface area contributed by atoms with Crippen LogP contribution in [0.4, 0.5) is 0 Å². The highest BCUT2D eigenvalue weighted by Crippen LogP contribution is 2.20. The summed E-state index contributed by atoms with van der Waals surface area (Å²) in [6.45, 7) is 2.65. The number of hydrogen-bond donors (Lipinski definition) is 1. The van der Waals surface area contributed by atoms with Crippen LogP contribution in [-0.4, -0.2) is 53.4 Å². The fourth-order valence-electron chi connectivity index (χ4n) is 4.01. The number of H-pyrrole nitrogens is 1. The molecule has 1 atom stereocenters. The molecule has 0 radical (unpaired) electrons. The molecule has 140 valence electrons. The predicted molar refractivity (Wildman–Crippen MR) is 110 cm³/mol. The van der Waals surface area contributed by atoms with Crippen LogP contribution in [0, 0.1) is 0 Å². The predicted octanol–water partition coefficient (Wildman–Crippen LogP) is 3.95. The molecule has 0 aliphatic carbocycles. The van der Waals surface area contributed by atoms with Gasteiger partial charge in [-0.3, -0.25) is 4.79 Å². The number of carbonyl (C=O) groups is 1. The van der Waals surface area contributed by atoms with Gasteiger partial charge in [-0.2, -0.15) is 0 Å². The van der Waals surface area contributed by atoms with Crippen molar-refractivity contribution >= 4 is 16.8 Å². The highest BCUT2D eigenvalue weighted by atomic mass is 16.2. The molecule has 4 heteroatoms. The van der Waals surface area contributed by atoms with Crippen LogP contribution in [0.5, 0.6) is 0 Å². The van der Waals surface area contributed by atoms with Gasteiger partial charge in [0.25, 0.3) is 5.91 Å². The average Bonchev–Trinajstić information content (AvgIpc) is 3.31. The SMILES string of the molecule is CN1CCCC1CN(CCc1ccccc1)C(=O)c1cc2ccccc2[nH]1. The van der Waals surface area contributed by atoms with Crippen LogP contribution in [0.3, 0.4) is 0 Å². The number of hydrogen-bond acceptors (Lipinski definition) is 2. The van der Waals surface area contributed by atoms with E-state index in [1.807, 2.05) is 41.3 Å². The van der Waals surface area contributed by atoms with Crippen LogP contribution in [0.25, 0.3) is 10.9 Å². The van der Waals surface area contributed by atoms with Gasteiger partial charge in [-0.1, -0.05) is 48.5 Å². The van der Waals surface area contributed by atoms with Crippen molar-refractivity contribution in [1.82, 2.24) is 14.8 Å². The first-order chi connectivity index (χ1) is 13.2. The summed E-state index contributed by atoms with van der Waals surface area (Å²) in [5.41, 5.74) is 2.97. The number of aromatic nitrogens is 1. The first-order valence-corrected chi connectivity index (χ1v) is 9.82. The maximum atomic E-state index is 13.3. The minimum absolute atomic E-state index is 0.0995. The van der Waals surface area contributed by atoms with Crippen LogP contribution < -0.4 is 0 Å². The number of nitrogens with one attached hydrogen (secondary N) is 1. The lowest BCUT2D eigenvalue weighted by Crippen LogP contribution is -2.42. The second-order valence-corrected chi connectivity index (χ2v) is 7.53. The van der Waals surface area contributed by atoms with Crippen molar-refractivity contribution < 1.29 is 4.79 Å². The Labute approximate surface area is 160 Å². The molecular weight excluding hydrogens is 334 g/mol. The van der Waals surface area contributed by atoms with Crippen LogP contribution in [-0.2, 0) is 6.42 Å². The maximum absolute atomic E-state index is 13.3. The van der Waals surface area contributed by atoms with Crippen molar-refractivity contribution in [3.05, 3.63) is 71.9 Å². The van der Waals surface area contributed by atoms with E-state index in [1.54, 1.807) is 0 Å². The topological polar surface area (TPSA) is 39.3 Å². The molecular formula is C23H27N3O. The first-order valence-electron chi connectivity index (χ1n) is 9.82. The molecule has 0 saturated carbocycles. The molecule has 1 aliphatic rings. The summed E-state index contributed by atoms with van der Waals surface area (Å²) in [4.78, 5) is 21.0. The highest BCUT2D eigenvalue weighted by molar-refractivity contribution is 5.98. The molecule has 2 heterocycles. The van der Waals surface area contributed by atoms with Gasteiger partial charge in [0.2, 0.25) is 0 Å². The number of likely N-dealkylation sites (N-methyl/N-ethyl adjacent to an activating group) is 1. The molecule has 1 aliphatic heterocycles. The second-order valence-electron chi connectivity index (χ2n) is 7.53. The van der Waals surface area contributed by atoms with Crippen LogP contribution in [0.2, 0.25) is 0 Å². The van der Waals surface area contributed by atoms with E-state index in [9.17, 15) is 4.79 Å². The van der Waals surface area contributed by atoms with Crippen molar-refractivity contribution in [2.45, 2.75) is 25.3 Å². The van der Waals surface area contributed by atoms with Gasteiger partial charge >= 0.3 is 0 Å². The van der Waals surface area contributed by atoms with E-state index in [1.165, 1.54) is 12.0 Å². The number of aromatic amines is 1. The van der Waals surface area contributed by atoms with Gasteiger partial charge in [0.15, 0.2) is 0 Å². The summed E-state index contributed by atoms with van der Waals surface area (Å²) in [6.07, 6.45) is 3.26. The molecule has 3 aromatic rings. The third-order valence-electron chi connectivity index (χ3n) is 5.66. The second kappa shape index (κ2) is 7.97. The van der Waals surface area contributed by atoms with Gasteiger partial charge in [0, 0.05) is 30.0 Å². The minimum atomic E-state index is 0.0995. The average molecular weight is 361 g/mol. The number of carbonyl (C=O) groups excluding carboxylic acids is 1. The molecule has 0 bridgehead atoms.